The maximum atomic E-state index is 13.5. The second kappa shape index (κ2) is 8.03. The maximum absolute atomic E-state index is 13.5. The number of halogens is 1. The third kappa shape index (κ3) is 4.29. The van der Waals surface area contributed by atoms with Gasteiger partial charge in [0.1, 0.15) is 18.0 Å². The molecule has 1 aliphatic heterocycles. The van der Waals surface area contributed by atoms with Crippen LogP contribution in [0.15, 0.2) is 48.8 Å². The summed E-state index contributed by atoms with van der Waals surface area (Å²) in [7, 11) is 0. The van der Waals surface area contributed by atoms with Crippen LogP contribution in [0, 0.1) is 5.82 Å². The summed E-state index contributed by atoms with van der Waals surface area (Å²) in [5.41, 5.74) is 2.58. The highest BCUT2D eigenvalue weighted by Gasteiger charge is 2.26. The van der Waals surface area contributed by atoms with E-state index in [0.717, 1.165) is 29.9 Å². The number of benzene rings is 2. The van der Waals surface area contributed by atoms with Crippen LogP contribution in [0.25, 0.3) is 10.9 Å². The third-order valence-corrected chi connectivity index (χ3v) is 5.24. The van der Waals surface area contributed by atoms with Crippen molar-refractivity contribution in [1.29, 1.82) is 0 Å². The predicted octanol–water partition coefficient (Wildman–Crippen LogP) is 4.29. The van der Waals surface area contributed by atoms with Crippen molar-refractivity contribution < 1.29 is 9.18 Å². The lowest BCUT2D eigenvalue weighted by molar-refractivity contribution is 0.249. The minimum atomic E-state index is -0.318. The highest BCUT2D eigenvalue weighted by molar-refractivity contribution is 5.90. The van der Waals surface area contributed by atoms with Gasteiger partial charge in [0.25, 0.3) is 0 Å². The summed E-state index contributed by atoms with van der Waals surface area (Å²) in [5.74, 6) is 0.905. The molecular weight excluding hydrogens is 369 g/mol. The van der Waals surface area contributed by atoms with Crippen LogP contribution in [0.4, 0.5) is 20.7 Å². The number of nitrogens with one attached hydrogen (secondary N) is 2. The molecule has 0 radical (unpaired) electrons. The van der Waals surface area contributed by atoms with E-state index in [1.807, 2.05) is 24.3 Å². The first-order chi connectivity index (χ1) is 14.0. The van der Waals surface area contributed by atoms with Crippen LogP contribution in [0.2, 0.25) is 0 Å². The van der Waals surface area contributed by atoms with Crippen molar-refractivity contribution in [3.8, 4) is 0 Å². The van der Waals surface area contributed by atoms with Crippen molar-refractivity contribution in [2.75, 3.05) is 23.3 Å². The van der Waals surface area contributed by atoms with Crippen molar-refractivity contribution in [2.24, 2.45) is 0 Å². The largest absolute Gasteiger partial charge is 0.354 e. The van der Waals surface area contributed by atoms with Crippen LogP contribution in [0.3, 0.4) is 0 Å². The number of carbonyl (C=O) groups is 1. The molecule has 7 heteroatoms. The molecular formula is C22H24FN5O. The molecule has 1 aliphatic rings. The zero-order valence-corrected chi connectivity index (χ0v) is 16.5. The van der Waals surface area contributed by atoms with Gasteiger partial charge in [-0.25, -0.2) is 19.2 Å². The van der Waals surface area contributed by atoms with E-state index in [0.29, 0.717) is 18.0 Å². The summed E-state index contributed by atoms with van der Waals surface area (Å²) in [6.07, 6.45) is 2.26. The molecule has 0 saturated carbocycles. The first-order valence-corrected chi connectivity index (χ1v) is 9.82. The molecule has 1 atom stereocenters. The maximum Gasteiger partial charge on any atom is 0.319 e. The zero-order chi connectivity index (χ0) is 20.4. The highest BCUT2D eigenvalue weighted by Crippen LogP contribution is 2.26. The fraction of sp³-hybridized carbons (Fsp3) is 0.318. The van der Waals surface area contributed by atoms with Gasteiger partial charge in [-0.3, -0.25) is 0 Å². The Labute approximate surface area is 169 Å². The summed E-state index contributed by atoms with van der Waals surface area (Å²) in [4.78, 5) is 23.0. The fourth-order valence-electron chi connectivity index (χ4n) is 3.64. The quantitative estimate of drug-likeness (QED) is 0.694. The number of fused-ring (bicyclic) bond motifs is 1. The number of anilines is 2. The van der Waals surface area contributed by atoms with Gasteiger partial charge in [0.05, 0.1) is 5.52 Å². The first-order valence-electron chi connectivity index (χ1n) is 9.82. The molecule has 4 rings (SSSR count). The lowest BCUT2D eigenvalue weighted by Crippen LogP contribution is -2.39. The molecule has 2 heterocycles. The van der Waals surface area contributed by atoms with Crippen LogP contribution >= 0.6 is 0 Å². The SMILES string of the molecule is CC(C)c1ccc(NC(=O)NC2CCN(c3ncnc4cc(F)ccc34)C2)cc1. The van der Waals surface area contributed by atoms with E-state index in [1.165, 1.54) is 24.0 Å². The lowest BCUT2D eigenvalue weighted by atomic mass is 10.0. The molecule has 29 heavy (non-hydrogen) atoms. The smallest absolute Gasteiger partial charge is 0.319 e. The summed E-state index contributed by atoms with van der Waals surface area (Å²) in [6, 6.07) is 12.2. The fourth-order valence-corrected chi connectivity index (χ4v) is 3.64. The number of hydrogen-bond donors (Lipinski definition) is 2. The summed E-state index contributed by atoms with van der Waals surface area (Å²) >= 11 is 0. The van der Waals surface area contributed by atoms with E-state index in [4.69, 9.17) is 0 Å². The number of nitrogens with zero attached hydrogens (tertiary/aromatic N) is 3. The molecule has 6 nitrogen and oxygen atoms in total. The highest BCUT2D eigenvalue weighted by atomic mass is 19.1. The minimum Gasteiger partial charge on any atom is -0.354 e. The Morgan fingerprint density at radius 1 is 1.17 bits per heavy atom. The second-order valence-electron chi connectivity index (χ2n) is 7.67. The molecule has 3 aromatic rings. The first kappa shape index (κ1) is 19.1. The van der Waals surface area contributed by atoms with E-state index in [2.05, 4.69) is 39.3 Å². The standard InChI is InChI=1S/C22H24FN5O/c1-14(2)15-3-6-17(7-4-15)26-22(29)27-18-9-10-28(12-18)21-19-8-5-16(23)11-20(19)24-13-25-21/h3-8,11,13-14,18H,9-10,12H2,1-2H3,(H2,26,27,29). The summed E-state index contributed by atoms with van der Waals surface area (Å²) in [6.45, 7) is 5.68. The van der Waals surface area contributed by atoms with Gasteiger partial charge in [0.2, 0.25) is 0 Å². The molecule has 0 spiro atoms. The van der Waals surface area contributed by atoms with Crippen LogP contribution in [-0.4, -0.2) is 35.1 Å². The van der Waals surface area contributed by atoms with E-state index in [1.54, 1.807) is 6.07 Å². The van der Waals surface area contributed by atoms with Crippen LogP contribution in [-0.2, 0) is 0 Å². The van der Waals surface area contributed by atoms with E-state index in [-0.39, 0.29) is 17.9 Å². The Bertz CT molecular complexity index is 1020. The van der Waals surface area contributed by atoms with E-state index >= 15 is 0 Å². The van der Waals surface area contributed by atoms with Gasteiger partial charge in [-0.2, -0.15) is 0 Å². The number of carbonyl (C=O) groups excluding carboxylic acids is 1. The number of rotatable bonds is 4. The zero-order valence-electron chi connectivity index (χ0n) is 16.5. The Hall–Kier alpha value is -3.22. The second-order valence-corrected chi connectivity index (χ2v) is 7.67. The van der Waals surface area contributed by atoms with Crippen LogP contribution in [0.5, 0.6) is 0 Å². The molecule has 2 amide bonds. The van der Waals surface area contributed by atoms with Crippen molar-refractivity contribution in [2.45, 2.75) is 32.2 Å². The summed E-state index contributed by atoms with van der Waals surface area (Å²) < 4.78 is 13.5. The molecule has 1 saturated heterocycles. The topological polar surface area (TPSA) is 70.2 Å². The number of aromatic nitrogens is 2. The predicted molar refractivity (Wildman–Crippen MR) is 113 cm³/mol. The number of hydrogen-bond acceptors (Lipinski definition) is 4. The Morgan fingerprint density at radius 3 is 2.72 bits per heavy atom. The van der Waals surface area contributed by atoms with Gasteiger partial charge in [-0.15, -0.1) is 0 Å². The van der Waals surface area contributed by atoms with E-state index in [9.17, 15) is 9.18 Å². The molecule has 2 aromatic carbocycles. The number of amides is 2. The molecule has 2 N–H and O–H groups in total. The van der Waals surface area contributed by atoms with Gasteiger partial charge < -0.3 is 15.5 Å². The third-order valence-electron chi connectivity index (χ3n) is 5.24. The van der Waals surface area contributed by atoms with Crippen molar-refractivity contribution in [3.63, 3.8) is 0 Å². The molecule has 0 aliphatic carbocycles. The molecule has 0 bridgehead atoms. The molecule has 1 unspecified atom stereocenters. The Morgan fingerprint density at radius 2 is 1.97 bits per heavy atom. The monoisotopic (exact) mass is 393 g/mol. The average molecular weight is 393 g/mol. The lowest BCUT2D eigenvalue weighted by Gasteiger charge is -2.19. The molecule has 1 fully saturated rings. The number of urea groups is 1. The normalized spacial score (nSPS) is 16.4. The van der Waals surface area contributed by atoms with Crippen LogP contribution in [0.1, 0.15) is 31.7 Å². The van der Waals surface area contributed by atoms with Crippen LogP contribution < -0.4 is 15.5 Å². The van der Waals surface area contributed by atoms with Crippen molar-refractivity contribution in [3.05, 3.63) is 60.2 Å². The molecule has 1 aromatic heterocycles. The van der Waals surface area contributed by atoms with Gasteiger partial charge in [-0.1, -0.05) is 26.0 Å². The van der Waals surface area contributed by atoms with Gasteiger partial charge in [0, 0.05) is 36.3 Å². The van der Waals surface area contributed by atoms with Crippen molar-refractivity contribution in [1.82, 2.24) is 15.3 Å². The Kier molecular flexibility index (Phi) is 5.29. The van der Waals surface area contributed by atoms with Gasteiger partial charge >= 0.3 is 6.03 Å². The average Bonchev–Trinajstić information content (AvgIpc) is 3.15. The minimum absolute atomic E-state index is 0.00963. The summed E-state index contributed by atoms with van der Waals surface area (Å²) in [5, 5.41) is 6.73. The molecule has 150 valence electrons. The van der Waals surface area contributed by atoms with Crippen molar-refractivity contribution >= 4 is 28.4 Å². The van der Waals surface area contributed by atoms with E-state index < -0.39 is 0 Å². The van der Waals surface area contributed by atoms with Gasteiger partial charge in [0.15, 0.2) is 0 Å². The van der Waals surface area contributed by atoms with Gasteiger partial charge in [-0.05, 0) is 42.2 Å². The Balaban J connectivity index is 1.38.